The highest BCUT2D eigenvalue weighted by Gasteiger charge is 2.21. The number of carbonyl (C=O) groups excluding carboxylic acids is 1. The Balaban J connectivity index is 1.47. The average molecular weight is 212 g/mol. The number of carbonyl (C=O) groups is 1. The van der Waals surface area contributed by atoms with Gasteiger partial charge in [-0.1, -0.05) is 12.8 Å². The molecule has 0 heterocycles. The van der Waals surface area contributed by atoms with Gasteiger partial charge in [0.2, 0.25) is 0 Å². The number of nitrogens with one attached hydrogen (secondary N) is 2. The van der Waals surface area contributed by atoms with Crippen LogP contribution in [0.3, 0.4) is 0 Å². The molecule has 1 amide bonds. The molecule has 0 aliphatic heterocycles. The molecule has 2 aliphatic carbocycles. The maximum atomic E-state index is 11.3. The fraction of sp³-hybridized carbons (Fsp3) is 0.909. The van der Waals surface area contributed by atoms with E-state index in [-0.39, 0.29) is 12.0 Å². The Bertz CT molecular complexity index is 211. The Labute approximate surface area is 90.7 Å². The molecular weight excluding hydrogens is 192 g/mol. The van der Waals surface area contributed by atoms with Crippen LogP contribution in [0.2, 0.25) is 0 Å². The Morgan fingerprint density at radius 1 is 1.20 bits per heavy atom. The van der Waals surface area contributed by atoms with E-state index in [0.29, 0.717) is 6.54 Å². The van der Waals surface area contributed by atoms with Crippen LogP contribution in [0.4, 0.5) is 0 Å². The van der Waals surface area contributed by atoms with Gasteiger partial charge in [0.25, 0.3) is 5.91 Å². The molecule has 2 rings (SSSR count). The summed E-state index contributed by atoms with van der Waals surface area (Å²) in [7, 11) is 0. The molecule has 2 N–H and O–H groups in total. The van der Waals surface area contributed by atoms with Crippen LogP contribution in [0.25, 0.3) is 0 Å². The zero-order chi connectivity index (χ0) is 10.5. The molecule has 0 radical (unpaired) electrons. The van der Waals surface area contributed by atoms with E-state index >= 15 is 0 Å². The van der Waals surface area contributed by atoms with Crippen LogP contribution in [0, 0.1) is 5.92 Å². The van der Waals surface area contributed by atoms with Gasteiger partial charge < -0.3 is 5.32 Å². The fourth-order valence-corrected chi connectivity index (χ4v) is 1.90. The molecule has 0 atom stereocenters. The number of amides is 1. The molecule has 0 aromatic heterocycles. The molecule has 15 heavy (non-hydrogen) atoms. The van der Waals surface area contributed by atoms with Crippen molar-refractivity contribution in [2.24, 2.45) is 5.92 Å². The van der Waals surface area contributed by atoms with Crippen LogP contribution < -0.4 is 10.8 Å². The quantitative estimate of drug-likeness (QED) is 0.645. The summed E-state index contributed by atoms with van der Waals surface area (Å²) in [4.78, 5) is 16.6. The van der Waals surface area contributed by atoms with Gasteiger partial charge in [-0.05, 0) is 38.1 Å². The fourth-order valence-electron chi connectivity index (χ4n) is 1.90. The smallest absolute Gasteiger partial charge is 0.257 e. The van der Waals surface area contributed by atoms with Gasteiger partial charge in [-0.25, -0.2) is 5.48 Å². The Hall–Kier alpha value is -0.610. The van der Waals surface area contributed by atoms with E-state index in [4.69, 9.17) is 4.84 Å². The zero-order valence-electron chi connectivity index (χ0n) is 9.13. The van der Waals surface area contributed by atoms with Gasteiger partial charge >= 0.3 is 0 Å². The van der Waals surface area contributed by atoms with Crippen molar-refractivity contribution >= 4 is 5.91 Å². The van der Waals surface area contributed by atoms with Gasteiger partial charge in [-0.3, -0.25) is 9.63 Å². The third-order valence-electron chi connectivity index (χ3n) is 3.06. The highest BCUT2D eigenvalue weighted by atomic mass is 16.7. The lowest BCUT2D eigenvalue weighted by Gasteiger charge is -2.11. The van der Waals surface area contributed by atoms with Crippen LogP contribution >= 0.6 is 0 Å². The maximum absolute atomic E-state index is 11.3. The third kappa shape index (κ3) is 4.18. The van der Waals surface area contributed by atoms with Crippen molar-refractivity contribution in [2.75, 3.05) is 13.1 Å². The summed E-state index contributed by atoms with van der Waals surface area (Å²) >= 11 is 0. The minimum Gasteiger partial charge on any atom is -0.308 e. The first kappa shape index (κ1) is 10.9. The van der Waals surface area contributed by atoms with Crippen molar-refractivity contribution in [1.82, 2.24) is 10.8 Å². The van der Waals surface area contributed by atoms with Crippen molar-refractivity contribution in [2.45, 2.75) is 44.6 Å². The second-order valence-corrected chi connectivity index (χ2v) is 4.62. The van der Waals surface area contributed by atoms with Gasteiger partial charge in [0, 0.05) is 0 Å². The summed E-state index contributed by atoms with van der Waals surface area (Å²) in [6.45, 7) is 1.35. The maximum Gasteiger partial charge on any atom is 0.257 e. The van der Waals surface area contributed by atoms with Gasteiger partial charge in [0.1, 0.15) is 0 Å². The van der Waals surface area contributed by atoms with Crippen molar-refractivity contribution in [1.29, 1.82) is 0 Å². The topological polar surface area (TPSA) is 50.4 Å². The SMILES string of the molecule is O=C(CNCC1CC1)NOC1CCCC1. The number of hydrogen-bond acceptors (Lipinski definition) is 3. The average Bonchev–Trinajstić information content (AvgIpc) is 2.91. The van der Waals surface area contributed by atoms with Crippen molar-refractivity contribution in [3.63, 3.8) is 0 Å². The van der Waals surface area contributed by atoms with Crippen LogP contribution in [0.1, 0.15) is 38.5 Å². The lowest BCUT2D eigenvalue weighted by molar-refractivity contribution is -0.137. The van der Waals surface area contributed by atoms with Crippen LogP contribution in [0.15, 0.2) is 0 Å². The molecule has 2 fully saturated rings. The van der Waals surface area contributed by atoms with Gasteiger partial charge in [-0.2, -0.15) is 0 Å². The van der Waals surface area contributed by atoms with E-state index in [1.807, 2.05) is 0 Å². The monoisotopic (exact) mass is 212 g/mol. The Morgan fingerprint density at radius 2 is 1.93 bits per heavy atom. The summed E-state index contributed by atoms with van der Waals surface area (Å²) in [6, 6.07) is 0. The molecule has 2 saturated carbocycles. The Morgan fingerprint density at radius 3 is 2.60 bits per heavy atom. The lowest BCUT2D eigenvalue weighted by atomic mass is 10.3. The lowest BCUT2D eigenvalue weighted by Crippen LogP contribution is -2.36. The molecule has 0 unspecified atom stereocenters. The summed E-state index contributed by atoms with van der Waals surface area (Å²) < 4.78 is 0. The van der Waals surface area contributed by atoms with Gasteiger partial charge in [-0.15, -0.1) is 0 Å². The first-order valence-electron chi connectivity index (χ1n) is 6.00. The third-order valence-corrected chi connectivity index (χ3v) is 3.06. The zero-order valence-corrected chi connectivity index (χ0v) is 9.13. The van der Waals surface area contributed by atoms with E-state index in [1.54, 1.807) is 0 Å². The predicted molar refractivity (Wildman–Crippen MR) is 57.1 cm³/mol. The second-order valence-electron chi connectivity index (χ2n) is 4.62. The molecule has 4 nitrogen and oxygen atoms in total. The van der Waals surface area contributed by atoms with Crippen molar-refractivity contribution in [3.8, 4) is 0 Å². The highest BCUT2D eigenvalue weighted by molar-refractivity contribution is 5.76. The summed E-state index contributed by atoms with van der Waals surface area (Å²) in [5.74, 6) is 0.760. The van der Waals surface area contributed by atoms with Crippen LogP contribution in [-0.2, 0) is 9.63 Å². The van der Waals surface area contributed by atoms with Crippen LogP contribution in [0.5, 0.6) is 0 Å². The van der Waals surface area contributed by atoms with Gasteiger partial charge in [0.15, 0.2) is 0 Å². The van der Waals surface area contributed by atoms with Crippen molar-refractivity contribution < 1.29 is 9.63 Å². The first-order chi connectivity index (χ1) is 7.34. The molecule has 4 heteroatoms. The summed E-state index contributed by atoms with van der Waals surface area (Å²) in [5, 5.41) is 3.13. The number of rotatable bonds is 6. The first-order valence-corrected chi connectivity index (χ1v) is 6.00. The van der Waals surface area contributed by atoms with E-state index in [2.05, 4.69) is 10.8 Å². The van der Waals surface area contributed by atoms with E-state index in [0.717, 1.165) is 25.3 Å². The van der Waals surface area contributed by atoms with E-state index in [9.17, 15) is 4.79 Å². The molecule has 86 valence electrons. The molecular formula is C11H20N2O2. The highest BCUT2D eigenvalue weighted by Crippen LogP contribution is 2.27. The van der Waals surface area contributed by atoms with Crippen molar-refractivity contribution in [3.05, 3.63) is 0 Å². The molecule has 0 aromatic carbocycles. The predicted octanol–water partition coefficient (Wildman–Crippen LogP) is 0.976. The number of hydroxylamine groups is 1. The van der Waals surface area contributed by atoms with Gasteiger partial charge in [0.05, 0.1) is 12.6 Å². The van der Waals surface area contributed by atoms with Crippen LogP contribution in [-0.4, -0.2) is 25.1 Å². The van der Waals surface area contributed by atoms with E-state index in [1.165, 1.54) is 25.7 Å². The Kier molecular flexibility index (Phi) is 3.97. The molecule has 0 saturated heterocycles. The van der Waals surface area contributed by atoms with E-state index < -0.39 is 0 Å². The molecule has 0 bridgehead atoms. The minimum atomic E-state index is -0.0532. The second kappa shape index (κ2) is 5.47. The standard InChI is InChI=1S/C11H20N2O2/c14-11(8-12-7-9-5-6-9)13-15-10-3-1-2-4-10/h9-10,12H,1-8H2,(H,13,14). The molecule has 2 aliphatic rings. The number of hydrogen-bond donors (Lipinski definition) is 2. The summed E-state index contributed by atoms with van der Waals surface area (Å²) in [5.41, 5.74) is 2.52. The minimum absolute atomic E-state index is 0.0532. The normalized spacial score (nSPS) is 21.9. The summed E-state index contributed by atoms with van der Waals surface area (Å²) in [6.07, 6.45) is 7.48. The largest absolute Gasteiger partial charge is 0.308 e. The molecule has 0 spiro atoms. The molecule has 0 aromatic rings.